The number of halogens is 3. The average molecular weight is 302 g/mol. The van der Waals surface area contributed by atoms with E-state index < -0.39 is 21.8 Å². The van der Waals surface area contributed by atoms with Crippen LogP contribution in [0.2, 0.25) is 0 Å². The van der Waals surface area contributed by atoms with Crippen molar-refractivity contribution in [1.29, 1.82) is 0 Å². The van der Waals surface area contributed by atoms with E-state index in [0.29, 0.717) is 11.8 Å². The van der Waals surface area contributed by atoms with Gasteiger partial charge in [-0.25, -0.2) is 13.6 Å². The maximum atomic E-state index is 12.4. The molecule has 1 aromatic carbocycles. The normalized spacial score (nSPS) is 12.4. The smallest absolute Gasteiger partial charge is 0.256 e. The zero-order chi connectivity index (χ0) is 15.0. The van der Waals surface area contributed by atoms with Gasteiger partial charge in [-0.15, -0.1) is 0 Å². The van der Waals surface area contributed by atoms with Gasteiger partial charge in [0.2, 0.25) is 10.0 Å². The number of aromatic nitrogens is 1. The Labute approximate surface area is 113 Å². The van der Waals surface area contributed by atoms with E-state index in [4.69, 9.17) is 5.14 Å². The van der Waals surface area contributed by atoms with Gasteiger partial charge < -0.3 is 0 Å². The van der Waals surface area contributed by atoms with Crippen LogP contribution in [0.4, 0.5) is 13.2 Å². The molecule has 2 N–H and O–H groups in total. The fraction of sp³-hybridized carbons (Fsp3) is 0.0833. The third kappa shape index (κ3) is 3.14. The van der Waals surface area contributed by atoms with Gasteiger partial charge in [0, 0.05) is 11.8 Å². The van der Waals surface area contributed by atoms with E-state index in [2.05, 4.69) is 4.98 Å². The Hall–Kier alpha value is -1.93. The average Bonchev–Trinajstić information content (AvgIpc) is 2.37. The maximum absolute atomic E-state index is 12.4. The second kappa shape index (κ2) is 4.88. The highest BCUT2D eigenvalue weighted by Gasteiger charge is 2.30. The van der Waals surface area contributed by atoms with Crippen molar-refractivity contribution in [3.8, 4) is 11.3 Å². The number of sulfonamides is 1. The fourth-order valence-corrected chi connectivity index (χ4v) is 2.12. The Morgan fingerprint density at radius 3 is 2.30 bits per heavy atom. The van der Waals surface area contributed by atoms with Crippen LogP contribution in [0.1, 0.15) is 5.56 Å². The Bertz CT molecular complexity index is 725. The lowest BCUT2D eigenvalue weighted by Gasteiger charge is -2.07. The molecule has 8 heteroatoms. The summed E-state index contributed by atoms with van der Waals surface area (Å²) in [7, 11) is -3.87. The first kappa shape index (κ1) is 14.5. The van der Waals surface area contributed by atoms with Crippen molar-refractivity contribution < 1.29 is 21.6 Å². The standard InChI is InChI=1S/C12H9F3N2O2S/c13-12(14,15)9-4-5-11(17-7-9)8-2-1-3-10(6-8)20(16,18)19/h1-7H,(H2,16,18,19). The summed E-state index contributed by atoms with van der Waals surface area (Å²) in [5.74, 6) is 0. The van der Waals surface area contributed by atoms with Crippen molar-refractivity contribution in [2.24, 2.45) is 5.14 Å². The van der Waals surface area contributed by atoms with Crippen molar-refractivity contribution in [3.63, 3.8) is 0 Å². The summed E-state index contributed by atoms with van der Waals surface area (Å²) in [4.78, 5) is 3.55. The SMILES string of the molecule is NS(=O)(=O)c1cccc(-c2ccc(C(F)(F)F)cn2)c1. The van der Waals surface area contributed by atoms with Crippen molar-refractivity contribution in [2.45, 2.75) is 11.1 Å². The molecule has 0 radical (unpaired) electrons. The van der Waals surface area contributed by atoms with E-state index in [1.54, 1.807) is 0 Å². The van der Waals surface area contributed by atoms with Crippen LogP contribution in [0.25, 0.3) is 11.3 Å². The van der Waals surface area contributed by atoms with Gasteiger partial charge >= 0.3 is 6.18 Å². The first-order valence-electron chi connectivity index (χ1n) is 5.34. The lowest BCUT2D eigenvalue weighted by atomic mass is 10.1. The van der Waals surface area contributed by atoms with Gasteiger partial charge in [-0.2, -0.15) is 13.2 Å². The molecule has 106 valence electrons. The molecular weight excluding hydrogens is 293 g/mol. The Balaban J connectivity index is 2.43. The van der Waals surface area contributed by atoms with Crippen molar-refractivity contribution in [1.82, 2.24) is 4.98 Å². The molecule has 0 amide bonds. The van der Waals surface area contributed by atoms with Crippen molar-refractivity contribution >= 4 is 10.0 Å². The number of primary sulfonamides is 1. The maximum Gasteiger partial charge on any atom is 0.417 e. The number of benzene rings is 1. The van der Waals surface area contributed by atoms with Crippen LogP contribution in [0.3, 0.4) is 0 Å². The summed E-state index contributed by atoms with van der Waals surface area (Å²) in [6.45, 7) is 0. The van der Waals surface area contributed by atoms with E-state index in [1.807, 2.05) is 0 Å². The van der Waals surface area contributed by atoms with Crippen LogP contribution < -0.4 is 5.14 Å². The molecule has 20 heavy (non-hydrogen) atoms. The van der Waals surface area contributed by atoms with E-state index >= 15 is 0 Å². The molecular formula is C12H9F3N2O2S. The number of alkyl halides is 3. The number of nitrogens with zero attached hydrogens (tertiary/aromatic N) is 1. The molecule has 0 aliphatic carbocycles. The molecule has 1 aromatic heterocycles. The summed E-state index contributed by atoms with van der Waals surface area (Å²) in [5, 5.41) is 4.99. The summed E-state index contributed by atoms with van der Waals surface area (Å²) in [5.41, 5.74) is -0.280. The third-order valence-electron chi connectivity index (χ3n) is 2.55. The van der Waals surface area contributed by atoms with Gasteiger partial charge in [-0.3, -0.25) is 4.98 Å². The van der Waals surface area contributed by atoms with Gasteiger partial charge in [0.25, 0.3) is 0 Å². The number of pyridine rings is 1. The van der Waals surface area contributed by atoms with Gasteiger partial charge in [0.15, 0.2) is 0 Å². The highest BCUT2D eigenvalue weighted by Crippen LogP contribution is 2.30. The number of hydrogen-bond donors (Lipinski definition) is 1. The molecule has 0 fully saturated rings. The van der Waals surface area contributed by atoms with Crippen molar-refractivity contribution in [2.75, 3.05) is 0 Å². The predicted molar refractivity (Wildman–Crippen MR) is 66.0 cm³/mol. The quantitative estimate of drug-likeness (QED) is 0.926. The minimum atomic E-state index is -4.46. The lowest BCUT2D eigenvalue weighted by Crippen LogP contribution is -2.12. The van der Waals surface area contributed by atoms with Crippen LogP contribution in [0, 0.1) is 0 Å². The zero-order valence-corrected chi connectivity index (χ0v) is 10.7. The fourth-order valence-electron chi connectivity index (χ4n) is 1.56. The van der Waals surface area contributed by atoms with E-state index in [1.165, 1.54) is 30.3 Å². The third-order valence-corrected chi connectivity index (χ3v) is 3.46. The van der Waals surface area contributed by atoms with Gasteiger partial charge in [0.05, 0.1) is 16.2 Å². The predicted octanol–water partition coefficient (Wildman–Crippen LogP) is 2.41. The summed E-state index contributed by atoms with van der Waals surface area (Å²) < 4.78 is 59.6. The molecule has 0 atom stereocenters. The molecule has 0 spiro atoms. The van der Waals surface area contributed by atoms with Crippen LogP contribution >= 0.6 is 0 Å². The molecule has 0 aliphatic rings. The van der Waals surface area contributed by atoms with Crippen LogP contribution in [-0.2, 0) is 16.2 Å². The molecule has 0 bridgehead atoms. The minimum absolute atomic E-state index is 0.128. The molecule has 2 aromatic rings. The Morgan fingerprint density at radius 1 is 1.10 bits per heavy atom. The van der Waals surface area contributed by atoms with E-state index in [-0.39, 0.29) is 10.6 Å². The first-order chi connectivity index (χ1) is 9.18. The summed E-state index contributed by atoms with van der Waals surface area (Å²) in [6, 6.07) is 7.57. The summed E-state index contributed by atoms with van der Waals surface area (Å²) in [6.07, 6.45) is -3.77. The molecule has 1 heterocycles. The highest BCUT2D eigenvalue weighted by molar-refractivity contribution is 7.89. The first-order valence-corrected chi connectivity index (χ1v) is 6.89. The zero-order valence-electron chi connectivity index (χ0n) is 9.92. The number of nitrogens with two attached hydrogens (primary N) is 1. The van der Waals surface area contributed by atoms with Gasteiger partial charge in [0.1, 0.15) is 0 Å². The number of hydrogen-bond acceptors (Lipinski definition) is 3. The second-order valence-electron chi connectivity index (χ2n) is 4.00. The topological polar surface area (TPSA) is 73.1 Å². The highest BCUT2D eigenvalue weighted by atomic mass is 32.2. The van der Waals surface area contributed by atoms with Crippen LogP contribution in [0.15, 0.2) is 47.5 Å². The van der Waals surface area contributed by atoms with Gasteiger partial charge in [-0.1, -0.05) is 12.1 Å². The Kier molecular flexibility index (Phi) is 3.53. The summed E-state index contributed by atoms with van der Waals surface area (Å²) >= 11 is 0. The number of rotatable bonds is 2. The largest absolute Gasteiger partial charge is 0.417 e. The molecule has 0 aliphatic heterocycles. The molecule has 4 nitrogen and oxygen atoms in total. The monoisotopic (exact) mass is 302 g/mol. The van der Waals surface area contributed by atoms with Crippen LogP contribution in [0.5, 0.6) is 0 Å². The minimum Gasteiger partial charge on any atom is -0.256 e. The molecule has 0 saturated heterocycles. The molecule has 0 unspecified atom stereocenters. The van der Waals surface area contributed by atoms with Crippen LogP contribution in [-0.4, -0.2) is 13.4 Å². The Morgan fingerprint density at radius 2 is 1.80 bits per heavy atom. The molecule has 0 saturated carbocycles. The van der Waals surface area contributed by atoms with E-state index in [9.17, 15) is 21.6 Å². The second-order valence-corrected chi connectivity index (χ2v) is 5.56. The lowest BCUT2D eigenvalue weighted by molar-refractivity contribution is -0.137. The molecule has 2 rings (SSSR count). The van der Waals surface area contributed by atoms with Crippen molar-refractivity contribution in [3.05, 3.63) is 48.2 Å². The van der Waals surface area contributed by atoms with E-state index in [0.717, 1.165) is 6.07 Å². The van der Waals surface area contributed by atoms with Gasteiger partial charge in [-0.05, 0) is 24.3 Å².